The molecule has 1 unspecified atom stereocenters. The molecule has 9 nitrogen and oxygen atoms in total. The predicted octanol–water partition coefficient (Wildman–Crippen LogP) is 3.10. The molecule has 0 radical (unpaired) electrons. The number of anilines is 3. The number of aromatic nitrogens is 3. The number of hydrogen-bond donors (Lipinski definition) is 4. The van der Waals surface area contributed by atoms with Crippen molar-refractivity contribution in [2.45, 2.75) is 44.4 Å². The van der Waals surface area contributed by atoms with Gasteiger partial charge in [0.1, 0.15) is 17.8 Å². The Labute approximate surface area is 214 Å². The summed E-state index contributed by atoms with van der Waals surface area (Å²) in [6.07, 6.45) is -0.278. The van der Waals surface area contributed by atoms with Gasteiger partial charge in [-0.3, -0.25) is 9.98 Å². The molecule has 2 aromatic heterocycles. The van der Waals surface area contributed by atoms with Gasteiger partial charge in [-0.1, -0.05) is 6.08 Å². The first-order chi connectivity index (χ1) is 17.8. The van der Waals surface area contributed by atoms with Crippen LogP contribution in [0.4, 0.5) is 36.4 Å². The highest BCUT2D eigenvalue weighted by atomic mass is 19.3. The summed E-state index contributed by atoms with van der Waals surface area (Å²) in [5.74, 6) is 1.59. The average molecular weight is 516 g/mol. The summed E-state index contributed by atoms with van der Waals surface area (Å²) in [6, 6.07) is 3.17. The molecule has 3 aliphatic rings. The van der Waals surface area contributed by atoms with Gasteiger partial charge in [-0.25, -0.2) is 13.2 Å². The number of nitrogens with one attached hydrogen (secondary N) is 4. The standard InChI is InChI=1S/C25H32F3N9/c1-13-19(31-11-21(27)28)10-20-18(32-13)5-4-16(33-20)14-6-8-30-24-22(14)23(29-2)35-25(36-24)34-17-7-9-37(3)12-15(17)26/h4-6,15,17,19,21,31H,7-12H2,1-3H3,(H3,29,30,34,35,36)/t15-,17-,19?/m0/s1. The van der Waals surface area contributed by atoms with Crippen molar-refractivity contribution < 1.29 is 13.2 Å². The molecular weight excluding hydrogens is 483 g/mol. The van der Waals surface area contributed by atoms with Crippen LogP contribution in [0.1, 0.15) is 30.3 Å². The van der Waals surface area contributed by atoms with Crippen LogP contribution in [0, 0.1) is 0 Å². The number of rotatable bonds is 7. The molecule has 2 aromatic rings. The fourth-order valence-electron chi connectivity index (χ4n) is 5.01. The van der Waals surface area contributed by atoms with Gasteiger partial charge in [0.2, 0.25) is 5.95 Å². The van der Waals surface area contributed by atoms with Crippen LogP contribution >= 0.6 is 0 Å². The number of alkyl halides is 3. The first-order valence-corrected chi connectivity index (χ1v) is 12.5. The Hall–Kier alpha value is -3.25. The third kappa shape index (κ3) is 5.40. The molecule has 0 bridgehead atoms. The van der Waals surface area contributed by atoms with Gasteiger partial charge in [0, 0.05) is 44.4 Å². The summed E-state index contributed by atoms with van der Waals surface area (Å²) in [5, 5.41) is 12.5. The third-order valence-electron chi connectivity index (χ3n) is 6.99. The topological polar surface area (TPSA) is 102 Å². The molecule has 5 heterocycles. The predicted molar refractivity (Wildman–Crippen MR) is 140 cm³/mol. The number of piperidine rings is 1. The molecule has 0 aliphatic carbocycles. The fraction of sp³-hybridized carbons (Fsp3) is 0.520. The number of pyridine rings is 1. The van der Waals surface area contributed by atoms with Crippen molar-refractivity contribution in [2.24, 2.45) is 4.99 Å². The Balaban J connectivity index is 1.42. The fourth-order valence-corrected chi connectivity index (χ4v) is 5.01. The van der Waals surface area contributed by atoms with Gasteiger partial charge in [0.25, 0.3) is 6.43 Å². The number of hydrogen-bond acceptors (Lipinski definition) is 9. The highest BCUT2D eigenvalue weighted by Gasteiger charge is 2.30. The van der Waals surface area contributed by atoms with Gasteiger partial charge in [-0.2, -0.15) is 9.97 Å². The van der Waals surface area contributed by atoms with Crippen molar-refractivity contribution in [3.8, 4) is 0 Å². The van der Waals surface area contributed by atoms with Crippen LogP contribution in [0.25, 0.3) is 5.57 Å². The highest BCUT2D eigenvalue weighted by Crippen LogP contribution is 2.37. The number of halogens is 3. The van der Waals surface area contributed by atoms with Gasteiger partial charge in [-0.05, 0) is 32.5 Å². The molecule has 3 atom stereocenters. The zero-order valence-electron chi connectivity index (χ0n) is 21.2. The minimum absolute atomic E-state index is 0.290. The molecule has 5 rings (SSSR count). The Bertz CT molecular complexity index is 1220. The van der Waals surface area contributed by atoms with Crippen molar-refractivity contribution >= 4 is 34.6 Å². The van der Waals surface area contributed by atoms with E-state index in [4.69, 9.17) is 4.98 Å². The van der Waals surface area contributed by atoms with E-state index in [9.17, 15) is 13.2 Å². The molecule has 0 aromatic carbocycles. The number of aliphatic imine (C=N–C) groups is 1. The molecule has 198 valence electrons. The maximum Gasteiger partial charge on any atom is 0.250 e. The molecule has 0 amide bonds. The molecule has 37 heavy (non-hydrogen) atoms. The SMILES string of the molecule is CNc1nc(N[C@H]2CCN(C)C[C@@H]2F)nc2c1C(c1ccc3c(n1)CC(NCC(F)F)C(C)=N3)=CCN2. The van der Waals surface area contributed by atoms with E-state index in [-0.39, 0.29) is 12.1 Å². The largest absolute Gasteiger partial charge is 0.372 e. The van der Waals surface area contributed by atoms with Crippen molar-refractivity contribution in [2.75, 3.05) is 56.2 Å². The summed E-state index contributed by atoms with van der Waals surface area (Å²) in [4.78, 5) is 20.8. The second-order valence-electron chi connectivity index (χ2n) is 9.66. The van der Waals surface area contributed by atoms with Crippen LogP contribution in [0.2, 0.25) is 0 Å². The quantitative estimate of drug-likeness (QED) is 0.446. The summed E-state index contributed by atoms with van der Waals surface area (Å²) in [7, 11) is 3.70. The zero-order chi connectivity index (χ0) is 26.1. The molecule has 12 heteroatoms. The van der Waals surface area contributed by atoms with E-state index in [2.05, 4.69) is 36.2 Å². The first-order valence-electron chi connectivity index (χ1n) is 12.5. The lowest BCUT2D eigenvalue weighted by molar-refractivity contribution is 0.144. The Kier molecular flexibility index (Phi) is 7.29. The van der Waals surface area contributed by atoms with Crippen LogP contribution in [0.5, 0.6) is 0 Å². The second-order valence-corrected chi connectivity index (χ2v) is 9.66. The van der Waals surface area contributed by atoms with E-state index in [1.54, 1.807) is 7.05 Å². The summed E-state index contributed by atoms with van der Waals surface area (Å²) in [6.45, 7) is 3.16. The first kappa shape index (κ1) is 25.4. The normalized spacial score (nSPS) is 23.5. The summed E-state index contributed by atoms with van der Waals surface area (Å²) in [5.41, 5.74) is 4.61. The van der Waals surface area contributed by atoms with Crippen LogP contribution in [-0.2, 0) is 6.42 Å². The second kappa shape index (κ2) is 10.6. The number of nitrogens with zero attached hydrogens (tertiary/aromatic N) is 5. The van der Waals surface area contributed by atoms with Crippen LogP contribution in [0.3, 0.4) is 0 Å². The minimum atomic E-state index is -2.43. The molecule has 4 N–H and O–H groups in total. The Morgan fingerprint density at radius 3 is 2.81 bits per heavy atom. The van der Waals surface area contributed by atoms with Gasteiger partial charge in [0.05, 0.1) is 41.3 Å². The highest BCUT2D eigenvalue weighted by molar-refractivity contribution is 5.93. The van der Waals surface area contributed by atoms with Crippen molar-refractivity contribution in [1.82, 2.24) is 25.2 Å². The van der Waals surface area contributed by atoms with Gasteiger partial charge >= 0.3 is 0 Å². The lowest BCUT2D eigenvalue weighted by atomic mass is 9.97. The third-order valence-corrected chi connectivity index (χ3v) is 6.99. The van der Waals surface area contributed by atoms with E-state index in [0.29, 0.717) is 43.5 Å². The van der Waals surface area contributed by atoms with E-state index < -0.39 is 19.1 Å². The molecule has 1 saturated heterocycles. The molecule has 0 spiro atoms. The van der Waals surface area contributed by atoms with Gasteiger partial charge < -0.3 is 26.2 Å². The van der Waals surface area contributed by atoms with Crippen LogP contribution in [0.15, 0.2) is 23.2 Å². The molecular formula is C25H32F3N9. The van der Waals surface area contributed by atoms with Crippen LogP contribution in [-0.4, -0.2) is 90.5 Å². The lowest BCUT2D eigenvalue weighted by Gasteiger charge is -2.33. The molecule has 1 fully saturated rings. The van der Waals surface area contributed by atoms with Gasteiger partial charge in [0.15, 0.2) is 0 Å². The van der Waals surface area contributed by atoms with Crippen LogP contribution < -0.4 is 21.3 Å². The Morgan fingerprint density at radius 1 is 1.22 bits per heavy atom. The van der Waals surface area contributed by atoms with Crippen molar-refractivity contribution in [1.29, 1.82) is 0 Å². The van der Waals surface area contributed by atoms with E-state index in [1.165, 1.54) is 0 Å². The molecule has 3 aliphatic heterocycles. The summed E-state index contributed by atoms with van der Waals surface area (Å²) < 4.78 is 40.1. The maximum absolute atomic E-state index is 14.6. The lowest BCUT2D eigenvalue weighted by Crippen LogP contribution is -2.46. The maximum atomic E-state index is 14.6. The van der Waals surface area contributed by atoms with E-state index in [1.807, 2.05) is 37.1 Å². The van der Waals surface area contributed by atoms with Crippen molar-refractivity contribution in [3.05, 3.63) is 35.2 Å². The Morgan fingerprint density at radius 2 is 2.05 bits per heavy atom. The molecule has 0 saturated carbocycles. The van der Waals surface area contributed by atoms with E-state index in [0.717, 1.165) is 40.5 Å². The number of fused-ring (bicyclic) bond motifs is 2. The van der Waals surface area contributed by atoms with Crippen molar-refractivity contribution in [3.63, 3.8) is 0 Å². The minimum Gasteiger partial charge on any atom is -0.372 e. The smallest absolute Gasteiger partial charge is 0.250 e. The summed E-state index contributed by atoms with van der Waals surface area (Å²) >= 11 is 0. The zero-order valence-corrected chi connectivity index (χ0v) is 21.2. The average Bonchev–Trinajstić information content (AvgIpc) is 2.88. The van der Waals surface area contributed by atoms with Gasteiger partial charge in [-0.15, -0.1) is 0 Å². The van der Waals surface area contributed by atoms with E-state index >= 15 is 0 Å². The monoisotopic (exact) mass is 515 g/mol. The number of likely N-dealkylation sites (tertiary alicyclic amines) is 1.